The Morgan fingerprint density at radius 1 is 1.19 bits per heavy atom. The van der Waals surface area contributed by atoms with E-state index in [9.17, 15) is 14.4 Å². The molecule has 11 heteroatoms. The second-order valence-corrected chi connectivity index (χ2v) is 11.6. The topological polar surface area (TPSA) is 115 Å². The summed E-state index contributed by atoms with van der Waals surface area (Å²) in [5.41, 5.74) is 2.87. The van der Waals surface area contributed by atoms with E-state index in [1.807, 2.05) is 52.0 Å². The summed E-state index contributed by atoms with van der Waals surface area (Å²) >= 11 is 0. The summed E-state index contributed by atoms with van der Waals surface area (Å²) < 4.78 is 22.6. The summed E-state index contributed by atoms with van der Waals surface area (Å²) in [7, 11) is 0.757. The van der Waals surface area contributed by atoms with Gasteiger partial charge in [-0.25, -0.2) is 10.2 Å². The van der Waals surface area contributed by atoms with Gasteiger partial charge in [-0.15, -0.1) is 0 Å². The fourth-order valence-electron chi connectivity index (χ4n) is 4.18. The van der Waals surface area contributed by atoms with Crippen LogP contribution in [0, 0.1) is 0 Å². The molecule has 2 N–H and O–H groups in total. The number of amides is 2. The minimum absolute atomic E-state index is 0.201. The van der Waals surface area contributed by atoms with Crippen molar-refractivity contribution in [3.05, 3.63) is 29.8 Å². The second-order valence-electron chi connectivity index (χ2n) is 11.6. The minimum atomic E-state index is -0.938. The van der Waals surface area contributed by atoms with Gasteiger partial charge in [-0.3, -0.25) is 14.6 Å². The summed E-state index contributed by atoms with van der Waals surface area (Å²) in [6, 6.07) is 6.02. The second kappa shape index (κ2) is 11.0. The lowest BCUT2D eigenvalue weighted by molar-refractivity contribution is -0.150. The van der Waals surface area contributed by atoms with Crippen LogP contribution >= 0.6 is 0 Å². The highest BCUT2D eigenvalue weighted by atomic mass is 16.7. The minimum Gasteiger partial charge on any atom is -0.468 e. The number of ether oxygens (including phenoxy) is 2. The molecule has 1 aromatic carbocycles. The number of rotatable bonds is 6. The Morgan fingerprint density at radius 3 is 2.43 bits per heavy atom. The highest BCUT2D eigenvalue weighted by molar-refractivity contribution is 6.62. The SMILES string of the molecule is COC(=O)[C@@H]1CCCN(C(=O)[C@H](Cc2cccc(B3OC(C)(C)C(C)(C)O3)c2)NC(=O)OC(C)(C)C)N1. The Kier molecular flexibility index (Phi) is 8.61. The summed E-state index contributed by atoms with van der Waals surface area (Å²) in [6.45, 7) is 13.6. The van der Waals surface area contributed by atoms with Crippen molar-refractivity contribution in [2.75, 3.05) is 13.7 Å². The molecule has 0 aromatic heterocycles. The molecule has 1 aromatic rings. The highest BCUT2D eigenvalue weighted by Gasteiger charge is 2.51. The molecule has 2 aliphatic rings. The molecule has 0 bridgehead atoms. The van der Waals surface area contributed by atoms with Crippen LogP contribution in [0.25, 0.3) is 0 Å². The van der Waals surface area contributed by atoms with Crippen LogP contribution in [0.2, 0.25) is 0 Å². The largest absolute Gasteiger partial charge is 0.494 e. The molecule has 37 heavy (non-hydrogen) atoms. The number of alkyl carbamates (subject to hydrolysis) is 1. The molecular weight excluding hydrogens is 477 g/mol. The molecule has 2 amide bonds. The smallest absolute Gasteiger partial charge is 0.468 e. The van der Waals surface area contributed by atoms with E-state index in [0.29, 0.717) is 19.4 Å². The lowest BCUT2D eigenvalue weighted by atomic mass is 9.78. The maximum Gasteiger partial charge on any atom is 0.494 e. The number of nitrogens with zero attached hydrogens (tertiary/aromatic N) is 1. The van der Waals surface area contributed by atoms with E-state index in [4.69, 9.17) is 18.8 Å². The molecule has 204 valence electrons. The van der Waals surface area contributed by atoms with Crippen LogP contribution in [-0.2, 0) is 34.8 Å². The number of carbonyl (C=O) groups is 3. The van der Waals surface area contributed by atoms with Crippen molar-refractivity contribution >= 4 is 30.6 Å². The average molecular weight is 517 g/mol. The summed E-state index contributed by atoms with van der Waals surface area (Å²) in [6.07, 6.45) is 0.674. The third kappa shape index (κ3) is 7.24. The van der Waals surface area contributed by atoms with Gasteiger partial charge in [0, 0.05) is 13.0 Å². The number of hydrogen-bond donors (Lipinski definition) is 2. The van der Waals surface area contributed by atoms with Crippen molar-refractivity contribution in [1.29, 1.82) is 0 Å². The molecule has 2 saturated heterocycles. The Bertz CT molecular complexity index is 992. The molecule has 10 nitrogen and oxygen atoms in total. The number of hydrogen-bond acceptors (Lipinski definition) is 8. The van der Waals surface area contributed by atoms with Gasteiger partial charge >= 0.3 is 19.2 Å². The molecular formula is C26H40BN3O7. The number of nitrogens with one attached hydrogen (secondary N) is 2. The van der Waals surface area contributed by atoms with Crippen molar-refractivity contribution < 1.29 is 33.2 Å². The number of methoxy groups -OCH3 is 1. The van der Waals surface area contributed by atoms with E-state index in [2.05, 4.69) is 10.7 Å². The molecule has 0 unspecified atom stereocenters. The Balaban J connectivity index is 1.81. The van der Waals surface area contributed by atoms with E-state index >= 15 is 0 Å². The quantitative estimate of drug-likeness (QED) is 0.436. The summed E-state index contributed by atoms with van der Waals surface area (Å²) in [5.74, 6) is -0.815. The predicted molar refractivity (Wildman–Crippen MR) is 139 cm³/mol. The van der Waals surface area contributed by atoms with Crippen LogP contribution in [-0.4, -0.2) is 72.6 Å². The maximum atomic E-state index is 13.6. The van der Waals surface area contributed by atoms with Crippen LogP contribution in [0.4, 0.5) is 4.79 Å². The number of carbonyl (C=O) groups excluding carboxylic acids is 3. The summed E-state index contributed by atoms with van der Waals surface area (Å²) in [4.78, 5) is 38.3. The van der Waals surface area contributed by atoms with Gasteiger partial charge in [0.2, 0.25) is 0 Å². The van der Waals surface area contributed by atoms with Gasteiger partial charge < -0.3 is 24.1 Å². The van der Waals surface area contributed by atoms with Crippen molar-refractivity contribution in [3.8, 4) is 0 Å². The van der Waals surface area contributed by atoms with Crippen LogP contribution in [0.3, 0.4) is 0 Å². The first-order chi connectivity index (χ1) is 17.1. The van der Waals surface area contributed by atoms with Crippen LogP contribution in [0.15, 0.2) is 24.3 Å². The van der Waals surface area contributed by atoms with E-state index in [1.165, 1.54) is 12.1 Å². The number of esters is 1. The Morgan fingerprint density at radius 2 is 1.84 bits per heavy atom. The lowest BCUT2D eigenvalue weighted by Gasteiger charge is -2.35. The zero-order valence-electron chi connectivity index (χ0n) is 23.2. The average Bonchev–Trinajstić information content (AvgIpc) is 3.03. The van der Waals surface area contributed by atoms with Crippen molar-refractivity contribution in [3.63, 3.8) is 0 Å². The predicted octanol–water partition coefficient (Wildman–Crippen LogP) is 2.09. The van der Waals surface area contributed by atoms with Gasteiger partial charge in [-0.05, 0) is 72.3 Å². The lowest BCUT2D eigenvalue weighted by Crippen LogP contribution is -2.60. The third-order valence-electron chi connectivity index (χ3n) is 6.84. The monoisotopic (exact) mass is 517 g/mol. The molecule has 0 spiro atoms. The first kappa shape index (κ1) is 28.9. The number of benzene rings is 1. The van der Waals surface area contributed by atoms with Crippen LogP contribution in [0.1, 0.15) is 66.9 Å². The van der Waals surface area contributed by atoms with Crippen molar-refractivity contribution in [1.82, 2.24) is 15.8 Å². The zero-order valence-corrected chi connectivity index (χ0v) is 23.2. The summed E-state index contributed by atoms with van der Waals surface area (Å²) in [5, 5.41) is 4.10. The molecule has 3 rings (SSSR count). The van der Waals surface area contributed by atoms with Gasteiger partial charge in [0.05, 0.1) is 18.3 Å². The molecule has 0 radical (unpaired) electrons. The molecule has 2 heterocycles. The van der Waals surface area contributed by atoms with E-state index < -0.39 is 48.1 Å². The van der Waals surface area contributed by atoms with Gasteiger partial charge in [0.1, 0.15) is 17.7 Å². The van der Waals surface area contributed by atoms with Gasteiger partial charge in [-0.1, -0.05) is 24.3 Å². The standard InChI is InChI=1S/C26H40BN3O7/c1-24(2,3)35-23(33)28-20(21(31)30-14-10-13-19(29-30)22(32)34-8)16-17-11-9-12-18(15-17)27-36-25(4,5)26(6,7)37-27/h9,11-12,15,19-20,29H,10,13-14,16H2,1-8H3,(H,28,33)/t19-,20-/m0/s1. The Labute approximate surface area is 219 Å². The molecule has 0 saturated carbocycles. The highest BCUT2D eigenvalue weighted by Crippen LogP contribution is 2.36. The molecule has 2 fully saturated rings. The maximum absolute atomic E-state index is 13.6. The van der Waals surface area contributed by atoms with Crippen molar-refractivity contribution in [2.24, 2.45) is 0 Å². The normalized spacial score (nSPS) is 21.8. The van der Waals surface area contributed by atoms with Crippen LogP contribution < -0.4 is 16.2 Å². The van der Waals surface area contributed by atoms with E-state index in [0.717, 1.165) is 11.0 Å². The fraction of sp³-hybridized carbons (Fsp3) is 0.654. The van der Waals surface area contributed by atoms with Gasteiger partial charge in [0.15, 0.2) is 0 Å². The van der Waals surface area contributed by atoms with Crippen molar-refractivity contribution in [2.45, 2.75) is 96.6 Å². The first-order valence-corrected chi connectivity index (χ1v) is 12.7. The van der Waals surface area contributed by atoms with Gasteiger partial charge in [-0.2, -0.15) is 0 Å². The first-order valence-electron chi connectivity index (χ1n) is 12.7. The molecule has 2 atom stereocenters. The molecule has 2 aliphatic heterocycles. The Hall–Kier alpha value is -2.63. The van der Waals surface area contributed by atoms with E-state index in [-0.39, 0.29) is 12.3 Å². The van der Waals surface area contributed by atoms with Crippen LogP contribution in [0.5, 0.6) is 0 Å². The fourth-order valence-corrected chi connectivity index (χ4v) is 4.18. The van der Waals surface area contributed by atoms with Gasteiger partial charge in [0.25, 0.3) is 5.91 Å². The van der Waals surface area contributed by atoms with E-state index in [1.54, 1.807) is 20.8 Å². The zero-order chi connectivity index (χ0) is 27.6. The molecule has 0 aliphatic carbocycles. The third-order valence-corrected chi connectivity index (χ3v) is 6.84. The number of hydrazine groups is 1.